The van der Waals surface area contributed by atoms with Crippen molar-refractivity contribution in [1.82, 2.24) is 20.0 Å². The van der Waals surface area contributed by atoms with Gasteiger partial charge in [-0.15, -0.1) is 11.3 Å². The Bertz CT molecular complexity index is 944. The fraction of sp³-hybridized carbons (Fsp3) is 0.682. The van der Waals surface area contributed by atoms with Crippen LogP contribution in [0, 0.1) is 19.8 Å². The molecule has 0 amide bonds. The van der Waals surface area contributed by atoms with Gasteiger partial charge in [0.25, 0.3) is 0 Å². The number of rotatable bonds is 7. The lowest BCUT2D eigenvalue weighted by atomic mass is 9.97. The van der Waals surface area contributed by atoms with Crippen LogP contribution in [-0.4, -0.2) is 54.2 Å². The standard InChI is InChI=1S/C22H34N4O2S2/c1-16-6-9-25(10-7-16)21(22-5-4-11-29-22)14-23-13-20-17(2)24-26(18(20)3)19-8-12-30(27,28)15-19/h4-5,11,16,19,21,23H,6-10,12-15H2,1-3H3/t19-,21-/m0/s1. The molecule has 0 spiro atoms. The molecule has 2 saturated heterocycles. The molecule has 2 aliphatic heterocycles. The highest BCUT2D eigenvalue weighted by atomic mass is 32.2. The Morgan fingerprint density at radius 3 is 2.67 bits per heavy atom. The molecule has 2 aromatic heterocycles. The molecule has 0 saturated carbocycles. The summed E-state index contributed by atoms with van der Waals surface area (Å²) in [4.78, 5) is 4.06. The first-order chi connectivity index (χ1) is 14.3. The monoisotopic (exact) mass is 450 g/mol. The molecule has 0 bridgehead atoms. The third kappa shape index (κ3) is 4.82. The number of nitrogens with one attached hydrogen (secondary N) is 1. The molecule has 166 valence electrons. The van der Waals surface area contributed by atoms with Crippen LogP contribution < -0.4 is 5.32 Å². The molecule has 2 atom stereocenters. The molecule has 0 aliphatic carbocycles. The predicted octanol–water partition coefficient (Wildman–Crippen LogP) is 3.48. The van der Waals surface area contributed by atoms with Crippen molar-refractivity contribution in [1.29, 1.82) is 0 Å². The van der Waals surface area contributed by atoms with Crippen molar-refractivity contribution in [2.45, 2.75) is 58.7 Å². The summed E-state index contributed by atoms with van der Waals surface area (Å²) >= 11 is 1.84. The number of thiophene rings is 1. The van der Waals surface area contributed by atoms with E-state index in [4.69, 9.17) is 5.10 Å². The van der Waals surface area contributed by atoms with Gasteiger partial charge in [-0.2, -0.15) is 5.10 Å². The fourth-order valence-corrected chi connectivity index (χ4v) is 7.39. The first-order valence-electron chi connectivity index (χ1n) is 11.1. The second kappa shape index (κ2) is 9.10. The molecule has 30 heavy (non-hydrogen) atoms. The highest BCUT2D eigenvalue weighted by molar-refractivity contribution is 7.91. The molecule has 6 nitrogen and oxygen atoms in total. The van der Waals surface area contributed by atoms with Gasteiger partial charge in [0.05, 0.1) is 29.3 Å². The van der Waals surface area contributed by atoms with Crippen molar-refractivity contribution < 1.29 is 8.42 Å². The Kier molecular flexibility index (Phi) is 6.67. The van der Waals surface area contributed by atoms with Crippen molar-refractivity contribution in [3.63, 3.8) is 0 Å². The summed E-state index contributed by atoms with van der Waals surface area (Å²) in [6, 6.07) is 4.79. The maximum atomic E-state index is 11.9. The Balaban J connectivity index is 1.42. The van der Waals surface area contributed by atoms with Crippen LogP contribution in [0.2, 0.25) is 0 Å². The lowest BCUT2D eigenvalue weighted by Crippen LogP contribution is -2.40. The molecule has 1 N–H and O–H groups in total. The van der Waals surface area contributed by atoms with Crippen molar-refractivity contribution in [3.05, 3.63) is 39.3 Å². The van der Waals surface area contributed by atoms with Crippen molar-refractivity contribution in [3.8, 4) is 0 Å². The molecule has 2 fully saturated rings. The van der Waals surface area contributed by atoms with Crippen LogP contribution in [0.1, 0.15) is 60.1 Å². The normalized spacial score (nSPS) is 23.8. The van der Waals surface area contributed by atoms with E-state index in [1.165, 1.54) is 23.3 Å². The fourth-order valence-electron chi connectivity index (χ4n) is 4.84. The van der Waals surface area contributed by atoms with Crippen LogP contribution in [-0.2, 0) is 16.4 Å². The van der Waals surface area contributed by atoms with Gasteiger partial charge in [0.15, 0.2) is 9.84 Å². The average molecular weight is 451 g/mol. The average Bonchev–Trinajstić information content (AvgIpc) is 3.41. The molecule has 2 aromatic rings. The number of nitrogens with zero attached hydrogens (tertiary/aromatic N) is 3. The van der Waals surface area contributed by atoms with Gasteiger partial charge in [-0.1, -0.05) is 13.0 Å². The number of aryl methyl sites for hydroxylation is 1. The maximum Gasteiger partial charge on any atom is 0.152 e. The van der Waals surface area contributed by atoms with Gasteiger partial charge >= 0.3 is 0 Å². The Labute approximate surface area is 184 Å². The van der Waals surface area contributed by atoms with Gasteiger partial charge in [-0.25, -0.2) is 8.42 Å². The summed E-state index contributed by atoms with van der Waals surface area (Å²) in [5.74, 6) is 1.32. The van der Waals surface area contributed by atoms with Gasteiger partial charge in [0.1, 0.15) is 0 Å². The first kappa shape index (κ1) is 22.0. The number of hydrogen-bond acceptors (Lipinski definition) is 6. The minimum absolute atomic E-state index is 0.0170. The lowest BCUT2D eigenvalue weighted by Gasteiger charge is -2.36. The van der Waals surface area contributed by atoms with Gasteiger partial charge in [0, 0.05) is 29.2 Å². The molecule has 0 radical (unpaired) electrons. The Morgan fingerprint density at radius 1 is 1.27 bits per heavy atom. The molecular weight excluding hydrogens is 416 g/mol. The summed E-state index contributed by atoms with van der Waals surface area (Å²) in [7, 11) is -2.91. The third-order valence-corrected chi connectivity index (χ3v) is 9.52. The molecule has 0 unspecified atom stereocenters. The minimum atomic E-state index is -2.91. The first-order valence-corrected chi connectivity index (χ1v) is 13.8. The summed E-state index contributed by atoms with van der Waals surface area (Å²) < 4.78 is 25.7. The Morgan fingerprint density at radius 2 is 2.03 bits per heavy atom. The molecule has 4 heterocycles. The molecule has 4 rings (SSSR count). The topological polar surface area (TPSA) is 67.2 Å². The van der Waals surface area contributed by atoms with E-state index in [1.54, 1.807) is 0 Å². The van der Waals surface area contributed by atoms with Gasteiger partial charge in [0.2, 0.25) is 0 Å². The molecule has 2 aliphatic rings. The van der Waals surface area contributed by atoms with Crippen molar-refractivity contribution in [2.24, 2.45) is 5.92 Å². The van der Waals surface area contributed by atoms with E-state index in [9.17, 15) is 8.42 Å². The zero-order valence-corrected chi connectivity index (χ0v) is 19.9. The predicted molar refractivity (Wildman–Crippen MR) is 123 cm³/mol. The SMILES string of the molecule is Cc1nn([C@H]2CCS(=O)(=O)C2)c(C)c1CNC[C@@H](c1cccs1)N1CCC(C)CC1. The van der Waals surface area contributed by atoms with Gasteiger partial charge in [-0.3, -0.25) is 9.58 Å². The molecule has 0 aromatic carbocycles. The number of hydrogen-bond donors (Lipinski definition) is 1. The second-order valence-electron chi connectivity index (χ2n) is 9.03. The number of sulfone groups is 1. The van der Waals surface area contributed by atoms with E-state index < -0.39 is 9.84 Å². The van der Waals surface area contributed by atoms with E-state index in [0.29, 0.717) is 12.5 Å². The largest absolute Gasteiger partial charge is 0.311 e. The lowest BCUT2D eigenvalue weighted by molar-refractivity contribution is 0.137. The zero-order valence-electron chi connectivity index (χ0n) is 18.3. The van der Waals surface area contributed by atoms with Crippen LogP contribution in [0.15, 0.2) is 17.5 Å². The quantitative estimate of drug-likeness (QED) is 0.699. The zero-order chi connectivity index (χ0) is 21.3. The maximum absolute atomic E-state index is 11.9. The van der Waals surface area contributed by atoms with Gasteiger partial charge < -0.3 is 5.32 Å². The Hall–Kier alpha value is -1.22. The van der Waals surface area contributed by atoms with E-state index in [1.807, 2.05) is 22.9 Å². The summed E-state index contributed by atoms with van der Waals surface area (Å²) in [6.07, 6.45) is 3.22. The summed E-state index contributed by atoms with van der Waals surface area (Å²) in [6.45, 7) is 10.5. The van der Waals surface area contributed by atoms with Crippen molar-refractivity contribution >= 4 is 21.2 Å². The minimum Gasteiger partial charge on any atom is -0.311 e. The number of piperidine rings is 1. The second-order valence-corrected chi connectivity index (χ2v) is 12.2. The highest BCUT2D eigenvalue weighted by Gasteiger charge is 2.31. The smallest absolute Gasteiger partial charge is 0.152 e. The summed E-state index contributed by atoms with van der Waals surface area (Å²) in [5, 5.41) is 10.6. The molecular formula is C22H34N4O2S2. The van der Waals surface area contributed by atoms with E-state index in [-0.39, 0.29) is 17.5 Å². The number of aromatic nitrogens is 2. The third-order valence-electron chi connectivity index (χ3n) is 6.80. The van der Waals surface area contributed by atoms with E-state index in [0.717, 1.165) is 43.5 Å². The van der Waals surface area contributed by atoms with Crippen LogP contribution in [0.5, 0.6) is 0 Å². The van der Waals surface area contributed by atoms with E-state index in [2.05, 4.69) is 41.6 Å². The summed E-state index contributed by atoms with van der Waals surface area (Å²) in [5.41, 5.74) is 3.31. The van der Waals surface area contributed by atoms with Crippen LogP contribution in [0.4, 0.5) is 0 Å². The van der Waals surface area contributed by atoms with Crippen LogP contribution in [0.25, 0.3) is 0 Å². The van der Waals surface area contributed by atoms with Gasteiger partial charge in [-0.05, 0) is 63.6 Å². The van der Waals surface area contributed by atoms with Crippen molar-refractivity contribution in [2.75, 3.05) is 31.1 Å². The van der Waals surface area contributed by atoms with Crippen LogP contribution in [0.3, 0.4) is 0 Å². The molecule has 8 heteroatoms. The van der Waals surface area contributed by atoms with Crippen LogP contribution >= 0.6 is 11.3 Å². The number of likely N-dealkylation sites (tertiary alicyclic amines) is 1. The van der Waals surface area contributed by atoms with E-state index >= 15 is 0 Å². The highest BCUT2D eigenvalue weighted by Crippen LogP contribution is 2.30.